The Kier molecular flexibility index (Phi) is 9.67. The van der Waals surface area contributed by atoms with Crippen LogP contribution in [0, 0.1) is 13.8 Å². The minimum Gasteiger partial charge on any atom is -0.491 e. The van der Waals surface area contributed by atoms with Gasteiger partial charge in [-0.25, -0.2) is 0 Å². The minimum atomic E-state index is -1.04. The van der Waals surface area contributed by atoms with Crippen molar-refractivity contribution in [1.29, 1.82) is 0 Å². The Bertz CT molecular complexity index is 1080. The third-order valence-electron chi connectivity index (χ3n) is 7.61. The highest BCUT2D eigenvalue weighted by Gasteiger charge is 2.46. The highest BCUT2D eigenvalue weighted by Crippen LogP contribution is 2.30. The maximum Gasteiger partial charge on any atom is 0.260 e. The molecule has 0 aliphatic carbocycles. The van der Waals surface area contributed by atoms with Gasteiger partial charge in [0.05, 0.1) is 19.7 Å². The van der Waals surface area contributed by atoms with E-state index in [2.05, 4.69) is 13.0 Å². The number of para-hydroxylation sites is 2. The third-order valence-corrected chi connectivity index (χ3v) is 7.61. The van der Waals surface area contributed by atoms with E-state index in [9.17, 15) is 9.59 Å². The van der Waals surface area contributed by atoms with Crippen LogP contribution in [-0.4, -0.2) is 73.2 Å². The molecule has 1 saturated heterocycles. The summed E-state index contributed by atoms with van der Waals surface area (Å²) in [4.78, 5) is 31.0. The van der Waals surface area contributed by atoms with E-state index in [1.165, 1.54) is 5.56 Å². The quantitative estimate of drug-likeness (QED) is 0.550. The maximum atomic E-state index is 14.1. The van der Waals surface area contributed by atoms with Crippen LogP contribution in [0.2, 0.25) is 0 Å². The Morgan fingerprint density at radius 3 is 2.61 bits per heavy atom. The molecule has 2 amide bonds. The van der Waals surface area contributed by atoms with E-state index < -0.39 is 5.60 Å². The van der Waals surface area contributed by atoms with Crippen LogP contribution in [0.1, 0.15) is 55.7 Å². The van der Waals surface area contributed by atoms with Crippen LogP contribution in [0.25, 0.3) is 0 Å². The number of carbonyl (C=O) groups excluding carboxylic acids is 2. The monoisotopic (exact) mass is 522 g/mol. The molecule has 0 saturated carbocycles. The summed E-state index contributed by atoms with van der Waals surface area (Å²) in [6, 6.07) is 14.1. The van der Waals surface area contributed by atoms with Crippen molar-refractivity contribution in [3.05, 3.63) is 59.2 Å². The molecule has 2 aliphatic rings. The van der Waals surface area contributed by atoms with Crippen LogP contribution >= 0.6 is 0 Å². The second kappa shape index (κ2) is 13.1. The average molecular weight is 523 g/mol. The van der Waals surface area contributed by atoms with Gasteiger partial charge in [0.25, 0.3) is 11.8 Å². The van der Waals surface area contributed by atoms with Crippen molar-refractivity contribution < 1.29 is 23.8 Å². The molecule has 1 spiro atoms. The maximum absolute atomic E-state index is 14.1. The van der Waals surface area contributed by atoms with Crippen LogP contribution in [-0.2, 0) is 20.7 Å². The van der Waals surface area contributed by atoms with Gasteiger partial charge < -0.3 is 24.0 Å². The highest BCUT2D eigenvalue weighted by molar-refractivity contribution is 5.87. The van der Waals surface area contributed by atoms with Gasteiger partial charge >= 0.3 is 0 Å². The summed E-state index contributed by atoms with van der Waals surface area (Å²) in [7, 11) is 0. The molecule has 2 aliphatic heterocycles. The molecule has 7 nitrogen and oxygen atoms in total. The smallest absolute Gasteiger partial charge is 0.260 e. The van der Waals surface area contributed by atoms with Crippen molar-refractivity contribution in [3.63, 3.8) is 0 Å². The van der Waals surface area contributed by atoms with Crippen molar-refractivity contribution >= 4 is 11.8 Å². The SMILES string of the molecule is CCCCN1CCOc2ccccc2CCCCC2(CN(C(=O)COc3c(C)cccc3C)CCO2)C1=O. The summed E-state index contributed by atoms with van der Waals surface area (Å²) in [5, 5.41) is 0. The first-order chi connectivity index (χ1) is 18.4. The highest BCUT2D eigenvalue weighted by atomic mass is 16.5. The van der Waals surface area contributed by atoms with E-state index in [-0.39, 0.29) is 25.0 Å². The molecule has 2 aromatic rings. The van der Waals surface area contributed by atoms with Crippen molar-refractivity contribution in [2.24, 2.45) is 0 Å². The van der Waals surface area contributed by atoms with Crippen molar-refractivity contribution in [3.8, 4) is 11.5 Å². The number of fused-ring (bicyclic) bond motifs is 1. The Morgan fingerprint density at radius 1 is 1.03 bits per heavy atom. The second-order valence-electron chi connectivity index (χ2n) is 10.5. The molecule has 4 rings (SSSR count). The number of morpholine rings is 1. The van der Waals surface area contributed by atoms with E-state index >= 15 is 0 Å². The number of benzene rings is 2. The van der Waals surface area contributed by atoms with Gasteiger partial charge in [-0.15, -0.1) is 0 Å². The fourth-order valence-corrected chi connectivity index (χ4v) is 5.43. The van der Waals surface area contributed by atoms with E-state index in [0.717, 1.165) is 54.7 Å². The fourth-order valence-electron chi connectivity index (χ4n) is 5.43. The first kappa shape index (κ1) is 28.0. The number of aryl methyl sites for hydroxylation is 3. The van der Waals surface area contributed by atoms with Crippen molar-refractivity contribution in [2.45, 2.75) is 64.9 Å². The Morgan fingerprint density at radius 2 is 1.82 bits per heavy atom. The predicted octanol–water partition coefficient (Wildman–Crippen LogP) is 4.71. The molecule has 38 heavy (non-hydrogen) atoms. The van der Waals surface area contributed by atoms with Crippen molar-refractivity contribution in [2.75, 3.05) is 46.0 Å². The fraction of sp³-hybridized carbons (Fsp3) is 0.548. The normalized spacial score (nSPS) is 20.8. The summed E-state index contributed by atoms with van der Waals surface area (Å²) in [6.45, 7) is 8.63. The molecule has 1 atom stereocenters. The molecule has 2 aromatic carbocycles. The Hall–Kier alpha value is -3.06. The van der Waals surface area contributed by atoms with Gasteiger partial charge in [-0.05, 0) is 68.7 Å². The minimum absolute atomic E-state index is 0.0309. The average Bonchev–Trinajstić information content (AvgIpc) is 2.92. The van der Waals surface area contributed by atoms with E-state index in [0.29, 0.717) is 39.3 Å². The Balaban J connectivity index is 1.51. The first-order valence-corrected chi connectivity index (χ1v) is 14.0. The van der Waals surface area contributed by atoms with Gasteiger partial charge in [0.15, 0.2) is 12.2 Å². The van der Waals surface area contributed by atoms with Crippen LogP contribution in [0.15, 0.2) is 42.5 Å². The summed E-state index contributed by atoms with van der Waals surface area (Å²) < 4.78 is 18.4. The van der Waals surface area contributed by atoms with Crippen LogP contribution in [0.5, 0.6) is 11.5 Å². The summed E-state index contributed by atoms with van der Waals surface area (Å²) in [5.41, 5.74) is 2.15. The first-order valence-electron chi connectivity index (χ1n) is 14.0. The predicted molar refractivity (Wildman–Crippen MR) is 148 cm³/mol. The summed E-state index contributed by atoms with van der Waals surface area (Å²) >= 11 is 0. The van der Waals surface area contributed by atoms with Gasteiger partial charge in [-0.3, -0.25) is 9.59 Å². The molecule has 0 aromatic heterocycles. The zero-order valence-electron chi connectivity index (χ0n) is 23.2. The van der Waals surface area contributed by atoms with Gasteiger partial charge in [-0.2, -0.15) is 0 Å². The van der Waals surface area contributed by atoms with Gasteiger partial charge in [-0.1, -0.05) is 49.7 Å². The van der Waals surface area contributed by atoms with Gasteiger partial charge in [0, 0.05) is 13.1 Å². The molecule has 0 N–H and O–H groups in total. The van der Waals surface area contributed by atoms with E-state index in [1.54, 1.807) is 4.90 Å². The van der Waals surface area contributed by atoms with Gasteiger partial charge in [0.2, 0.25) is 0 Å². The van der Waals surface area contributed by atoms with Crippen LogP contribution in [0.3, 0.4) is 0 Å². The lowest BCUT2D eigenvalue weighted by Gasteiger charge is -2.44. The molecule has 1 fully saturated rings. The van der Waals surface area contributed by atoms with Crippen molar-refractivity contribution in [1.82, 2.24) is 9.80 Å². The summed E-state index contributed by atoms with van der Waals surface area (Å²) in [6.07, 6.45) is 5.09. The third kappa shape index (κ3) is 6.68. The van der Waals surface area contributed by atoms with Gasteiger partial charge in [0.1, 0.15) is 18.1 Å². The lowest BCUT2D eigenvalue weighted by atomic mass is 9.90. The molecule has 206 valence electrons. The zero-order valence-corrected chi connectivity index (χ0v) is 23.2. The Labute approximate surface area is 227 Å². The van der Waals surface area contributed by atoms with E-state index in [4.69, 9.17) is 14.2 Å². The lowest BCUT2D eigenvalue weighted by molar-refractivity contribution is -0.177. The van der Waals surface area contributed by atoms with Crippen LogP contribution in [0.4, 0.5) is 0 Å². The standard InChI is InChI=1S/C31H42N2O5/c1-4-5-17-32-18-20-36-27-15-7-6-13-26(27)14-8-9-16-31(30(32)35)23-33(19-21-38-31)28(34)22-37-29-24(2)11-10-12-25(29)3/h6-7,10-13,15H,4-5,8-9,14,16-23H2,1-3H3. The molecule has 0 radical (unpaired) electrons. The second-order valence-corrected chi connectivity index (χ2v) is 10.5. The number of unbranched alkanes of at least 4 members (excludes halogenated alkanes) is 1. The zero-order chi connectivity index (χ0) is 27.0. The molecular weight excluding hydrogens is 480 g/mol. The molecular formula is C31H42N2O5. The number of carbonyl (C=O) groups is 2. The molecule has 1 unspecified atom stereocenters. The molecule has 2 heterocycles. The largest absolute Gasteiger partial charge is 0.491 e. The van der Waals surface area contributed by atoms with E-state index in [1.807, 2.05) is 55.1 Å². The van der Waals surface area contributed by atoms with Crippen LogP contribution < -0.4 is 9.47 Å². The number of rotatable bonds is 6. The summed E-state index contributed by atoms with van der Waals surface area (Å²) in [5.74, 6) is 1.50. The molecule has 0 bridgehead atoms. The number of hydrogen-bond donors (Lipinski definition) is 0. The molecule has 7 heteroatoms. The number of amides is 2. The number of hydrogen-bond acceptors (Lipinski definition) is 5. The topological polar surface area (TPSA) is 68.3 Å². The number of ether oxygens (including phenoxy) is 3. The number of nitrogens with zero attached hydrogens (tertiary/aromatic N) is 2. The lowest BCUT2D eigenvalue weighted by Crippen LogP contribution is -2.62.